The van der Waals surface area contributed by atoms with Gasteiger partial charge in [-0.15, -0.1) is 11.3 Å². The van der Waals surface area contributed by atoms with Crippen LogP contribution in [0.5, 0.6) is 0 Å². The van der Waals surface area contributed by atoms with E-state index < -0.39 is 11.8 Å². The van der Waals surface area contributed by atoms with Gasteiger partial charge in [0.15, 0.2) is 0 Å². The van der Waals surface area contributed by atoms with E-state index in [0.717, 1.165) is 29.2 Å². The van der Waals surface area contributed by atoms with Crippen LogP contribution in [0.2, 0.25) is 0 Å². The average molecular weight is 417 g/mol. The summed E-state index contributed by atoms with van der Waals surface area (Å²) in [7, 11) is 4.01. The molecule has 0 aliphatic carbocycles. The Labute approximate surface area is 175 Å². The van der Waals surface area contributed by atoms with Gasteiger partial charge in [-0.05, 0) is 29.1 Å². The summed E-state index contributed by atoms with van der Waals surface area (Å²) in [5, 5.41) is 7.41. The minimum Gasteiger partial charge on any atom is -0.379 e. The largest absolute Gasteiger partial charge is 0.379 e. The monoisotopic (exact) mass is 416 g/mol. The molecule has 2 aromatic rings. The summed E-state index contributed by atoms with van der Waals surface area (Å²) in [5.41, 5.74) is 2.23. The number of benzene rings is 1. The highest BCUT2D eigenvalue weighted by Crippen LogP contribution is 2.23. The van der Waals surface area contributed by atoms with Crippen LogP contribution in [0.25, 0.3) is 0 Å². The summed E-state index contributed by atoms with van der Waals surface area (Å²) in [6.45, 7) is 3.65. The normalized spacial score (nSPS) is 15.5. The maximum absolute atomic E-state index is 12.3. The summed E-state index contributed by atoms with van der Waals surface area (Å²) >= 11 is 1.55. The number of hydrogen-bond acceptors (Lipinski definition) is 6. The van der Waals surface area contributed by atoms with E-state index in [0.29, 0.717) is 26.3 Å². The number of morpholine rings is 1. The van der Waals surface area contributed by atoms with Gasteiger partial charge >= 0.3 is 11.8 Å². The lowest BCUT2D eigenvalue weighted by Gasteiger charge is -2.35. The van der Waals surface area contributed by atoms with Gasteiger partial charge < -0.3 is 20.3 Å². The number of amides is 2. The highest BCUT2D eigenvalue weighted by atomic mass is 32.1. The van der Waals surface area contributed by atoms with Crippen LogP contribution in [0, 0.1) is 0 Å². The lowest BCUT2D eigenvalue weighted by molar-refractivity contribution is -0.139. The van der Waals surface area contributed by atoms with Crippen LogP contribution in [0.3, 0.4) is 0 Å². The molecule has 1 unspecified atom stereocenters. The molecule has 1 aliphatic rings. The number of rotatable bonds is 7. The number of nitrogens with zero attached hydrogens (tertiary/aromatic N) is 2. The average Bonchev–Trinajstić information content (AvgIpc) is 3.27. The topological polar surface area (TPSA) is 73.9 Å². The Morgan fingerprint density at radius 1 is 1.10 bits per heavy atom. The molecule has 1 atom stereocenters. The fourth-order valence-corrected chi connectivity index (χ4v) is 3.92. The predicted octanol–water partition coefficient (Wildman–Crippen LogP) is 1.62. The third-order valence-corrected chi connectivity index (χ3v) is 5.82. The maximum atomic E-state index is 12.3. The van der Waals surface area contributed by atoms with E-state index in [-0.39, 0.29) is 6.04 Å². The molecule has 0 bridgehead atoms. The van der Waals surface area contributed by atoms with Crippen LogP contribution in [0.15, 0.2) is 41.8 Å². The second-order valence-corrected chi connectivity index (χ2v) is 8.15. The molecular formula is C21H28N4O3S. The van der Waals surface area contributed by atoms with Crippen molar-refractivity contribution < 1.29 is 14.3 Å². The van der Waals surface area contributed by atoms with E-state index in [1.54, 1.807) is 11.3 Å². The van der Waals surface area contributed by atoms with E-state index in [4.69, 9.17) is 4.74 Å². The fraction of sp³-hybridized carbons (Fsp3) is 0.429. The van der Waals surface area contributed by atoms with Crippen LogP contribution in [0.1, 0.15) is 16.5 Å². The van der Waals surface area contributed by atoms with Crippen molar-refractivity contribution in [2.75, 3.05) is 51.8 Å². The molecule has 7 nitrogen and oxygen atoms in total. The van der Waals surface area contributed by atoms with E-state index >= 15 is 0 Å². The van der Waals surface area contributed by atoms with Crippen LogP contribution >= 0.6 is 11.3 Å². The second-order valence-electron chi connectivity index (χ2n) is 7.12. The van der Waals surface area contributed by atoms with Crippen molar-refractivity contribution in [2.45, 2.75) is 12.6 Å². The van der Waals surface area contributed by atoms with Gasteiger partial charge in [0.25, 0.3) is 0 Å². The van der Waals surface area contributed by atoms with Gasteiger partial charge in [0.1, 0.15) is 0 Å². The first-order valence-electron chi connectivity index (χ1n) is 9.72. The molecule has 1 aromatic heterocycles. The number of carbonyl (C=O) groups excluding carboxylic acids is 2. The lowest BCUT2D eigenvalue weighted by Crippen LogP contribution is -2.46. The lowest BCUT2D eigenvalue weighted by atomic mass is 10.0. The van der Waals surface area contributed by atoms with Crippen molar-refractivity contribution in [1.82, 2.24) is 15.5 Å². The Hall–Kier alpha value is -2.42. The van der Waals surface area contributed by atoms with Crippen LogP contribution in [-0.4, -0.2) is 63.7 Å². The SMILES string of the molecule is CN(C)c1ccc(C(CNC(=O)C(=O)NCc2cccs2)N2CCOCC2)cc1. The quantitative estimate of drug-likeness (QED) is 0.671. The van der Waals surface area contributed by atoms with Gasteiger partial charge in [0.2, 0.25) is 0 Å². The fourth-order valence-electron chi connectivity index (χ4n) is 3.27. The first-order chi connectivity index (χ1) is 14.0. The van der Waals surface area contributed by atoms with E-state index in [1.165, 1.54) is 0 Å². The maximum Gasteiger partial charge on any atom is 0.309 e. The van der Waals surface area contributed by atoms with Crippen molar-refractivity contribution in [2.24, 2.45) is 0 Å². The second kappa shape index (κ2) is 10.4. The number of anilines is 1. The summed E-state index contributed by atoms with van der Waals surface area (Å²) in [6.07, 6.45) is 0. The van der Waals surface area contributed by atoms with E-state index in [9.17, 15) is 9.59 Å². The first kappa shape index (κ1) is 21.3. The zero-order valence-electron chi connectivity index (χ0n) is 16.9. The van der Waals surface area contributed by atoms with Gasteiger partial charge in [0.05, 0.1) is 25.8 Å². The van der Waals surface area contributed by atoms with E-state index in [1.807, 2.05) is 36.5 Å². The van der Waals surface area contributed by atoms with Gasteiger partial charge in [-0.25, -0.2) is 0 Å². The number of hydrogen-bond donors (Lipinski definition) is 2. The summed E-state index contributed by atoms with van der Waals surface area (Å²) in [6, 6.07) is 12.1. The summed E-state index contributed by atoms with van der Waals surface area (Å²) in [5.74, 6) is -1.22. The van der Waals surface area contributed by atoms with Gasteiger partial charge in [-0.1, -0.05) is 18.2 Å². The summed E-state index contributed by atoms with van der Waals surface area (Å²) < 4.78 is 5.47. The molecule has 3 rings (SSSR count). The molecule has 1 fully saturated rings. The summed E-state index contributed by atoms with van der Waals surface area (Å²) in [4.78, 5) is 29.8. The Balaban J connectivity index is 1.61. The molecular weight excluding hydrogens is 388 g/mol. The molecule has 2 amide bonds. The van der Waals surface area contributed by atoms with E-state index in [2.05, 4.69) is 39.8 Å². The smallest absolute Gasteiger partial charge is 0.309 e. The number of nitrogens with one attached hydrogen (secondary N) is 2. The van der Waals surface area contributed by atoms with Crippen LogP contribution in [-0.2, 0) is 20.9 Å². The number of thiophene rings is 1. The van der Waals surface area contributed by atoms with Crippen molar-refractivity contribution in [3.8, 4) is 0 Å². The zero-order valence-corrected chi connectivity index (χ0v) is 17.7. The zero-order chi connectivity index (χ0) is 20.6. The predicted molar refractivity (Wildman–Crippen MR) is 115 cm³/mol. The van der Waals surface area contributed by atoms with Gasteiger partial charge in [-0.2, -0.15) is 0 Å². The first-order valence-corrected chi connectivity index (χ1v) is 10.6. The highest BCUT2D eigenvalue weighted by molar-refractivity contribution is 7.09. The molecule has 0 radical (unpaired) electrons. The minimum absolute atomic E-state index is 0.0100. The minimum atomic E-state index is -0.609. The molecule has 8 heteroatoms. The molecule has 29 heavy (non-hydrogen) atoms. The van der Waals surface area contributed by atoms with Gasteiger partial charge in [-0.3, -0.25) is 14.5 Å². The molecule has 156 valence electrons. The third-order valence-electron chi connectivity index (χ3n) is 4.95. The van der Waals surface area contributed by atoms with Crippen molar-refractivity contribution >= 4 is 28.8 Å². The molecule has 0 saturated carbocycles. The Morgan fingerprint density at radius 2 is 1.79 bits per heavy atom. The molecule has 0 spiro atoms. The molecule has 1 aromatic carbocycles. The number of ether oxygens (including phenoxy) is 1. The van der Waals surface area contributed by atoms with Crippen molar-refractivity contribution in [3.63, 3.8) is 0 Å². The van der Waals surface area contributed by atoms with Gasteiger partial charge in [0, 0.05) is 44.3 Å². The molecule has 1 aliphatic heterocycles. The van der Waals surface area contributed by atoms with Crippen molar-refractivity contribution in [3.05, 3.63) is 52.2 Å². The Kier molecular flexibility index (Phi) is 7.62. The molecule has 1 saturated heterocycles. The molecule has 2 heterocycles. The van der Waals surface area contributed by atoms with Crippen LogP contribution in [0.4, 0.5) is 5.69 Å². The van der Waals surface area contributed by atoms with Crippen LogP contribution < -0.4 is 15.5 Å². The third kappa shape index (κ3) is 6.03. The van der Waals surface area contributed by atoms with Crippen molar-refractivity contribution in [1.29, 1.82) is 0 Å². The molecule has 2 N–H and O–H groups in total. The Bertz CT molecular complexity index is 787. The Morgan fingerprint density at radius 3 is 2.41 bits per heavy atom. The highest BCUT2D eigenvalue weighted by Gasteiger charge is 2.24. The standard InChI is InChI=1S/C21H28N4O3S/c1-24(2)17-7-5-16(6-8-17)19(25-9-11-28-12-10-25)15-23-21(27)20(26)22-14-18-4-3-13-29-18/h3-8,13,19H,9-12,14-15H2,1-2H3,(H,22,26)(H,23,27). The number of carbonyl (C=O) groups is 2.